The maximum Gasteiger partial charge on any atom is 0.216 e. The van der Waals surface area contributed by atoms with E-state index in [1.165, 1.54) is 51.0 Å². The molecule has 1 fully saturated rings. The monoisotopic (exact) mass is 241 g/mol. The van der Waals surface area contributed by atoms with Crippen molar-refractivity contribution in [1.82, 2.24) is 5.32 Å². The van der Waals surface area contributed by atoms with E-state index >= 15 is 0 Å². The van der Waals surface area contributed by atoms with Gasteiger partial charge in [-0.2, -0.15) is 0 Å². The lowest BCUT2D eigenvalue weighted by molar-refractivity contribution is -0.118. The average Bonchev–Trinajstić information content (AvgIpc) is 2.41. The molecule has 102 valence electrons. The van der Waals surface area contributed by atoms with Crippen molar-refractivity contribution in [3.8, 4) is 0 Å². The van der Waals surface area contributed by atoms with Gasteiger partial charge in [-0.15, -0.1) is 0 Å². The first-order valence-electron chi connectivity index (χ1n) is 6.97. The minimum atomic E-state index is 0.00463. The Morgan fingerprint density at radius 1 is 1.24 bits per heavy atom. The first-order valence-corrected chi connectivity index (χ1v) is 6.97. The van der Waals surface area contributed by atoms with Gasteiger partial charge in [-0.1, -0.05) is 52.2 Å². The predicted molar refractivity (Wildman–Crippen MR) is 77.1 cm³/mol. The largest absolute Gasteiger partial charge is 0.359 e. The molecule has 1 rings (SSSR count). The SMILES string of the molecule is C=C(CC)C1CCCCC1.CC.CNC(C)=O. The molecule has 0 bridgehead atoms. The van der Waals surface area contributed by atoms with Crippen LogP contribution in [-0.4, -0.2) is 13.0 Å². The molecular weight excluding hydrogens is 210 g/mol. The van der Waals surface area contributed by atoms with Crippen molar-refractivity contribution in [1.29, 1.82) is 0 Å². The maximum absolute atomic E-state index is 9.70. The molecule has 0 aromatic carbocycles. The standard InChI is InChI=1S/C10H18.C3H7NO.C2H6/c1-3-9(2)10-7-5-4-6-8-10;1-3(5)4-2;1-2/h10H,2-8H2,1H3;1-2H3,(H,4,5);1-2H3. The van der Waals surface area contributed by atoms with E-state index in [1.807, 2.05) is 13.8 Å². The first-order chi connectivity index (χ1) is 8.11. The fourth-order valence-electron chi connectivity index (χ4n) is 1.80. The summed E-state index contributed by atoms with van der Waals surface area (Å²) >= 11 is 0. The lowest BCUT2D eigenvalue weighted by atomic mass is 9.83. The van der Waals surface area contributed by atoms with Gasteiger partial charge in [0.15, 0.2) is 0 Å². The van der Waals surface area contributed by atoms with E-state index in [1.54, 1.807) is 7.05 Å². The minimum Gasteiger partial charge on any atom is -0.359 e. The van der Waals surface area contributed by atoms with Gasteiger partial charge in [-0.25, -0.2) is 0 Å². The fourth-order valence-corrected chi connectivity index (χ4v) is 1.80. The molecule has 1 aliphatic rings. The molecule has 2 nitrogen and oxygen atoms in total. The van der Waals surface area contributed by atoms with Gasteiger partial charge in [-0.05, 0) is 25.2 Å². The van der Waals surface area contributed by atoms with Gasteiger partial charge in [0.25, 0.3) is 0 Å². The molecule has 0 unspecified atom stereocenters. The van der Waals surface area contributed by atoms with E-state index in [4.69, 9.17) is 0 Å². The van der Waals surface area contributed by atoms with Gasteiger partial charge in [-0.3, -0.25) is 4.79 Å². The molecule has 1 amide bonds. The summed E-state index contributed by atoms with van der Waals surface area (Å²) in [5.41, 5.74) is 1.49. The maximum atomic E-state index is 9.70. The van der Waals surface area contributed by atoms with Crippen LogP contribution in [0.15, 0.2) is 12.2 Å². The molecule has 0 atom stereocenters. The average molecular weight is 241 g/mol. The van der Waals surface area contributed by atoms with Crippen molar-refractivity contribution < 1.29 is 4.79 Å². The highest BCUT2D eigenvalue weighted by molar-refractivity contribution is 5.72. The number of carbonyl (C=O) groups is 1. The number of nitrogens with one attached hydrogen (secondary N) is 1. The van der Waals surface area contributed by atoms with Crippen LogP contribution >= 0.6 is 0 Å². The van der Waals surface area contributed by atoms with Crippen LogP contribution in [0.1, 0.15) is 66.2 Å². The molecule has 0 aromatic rings. The predicted octanol–water partition coefficient (Wildman–Crippen LogP) is 4.31. The van der Waals surface area contributed by atoms with Crippen LogP contribution in [0.3, 0.4) is 0 Å². The molecule has 0 radical (unpaired) electrons. The second-order valence-electron chi connectivity index (χ2n) is 4.15. The fraction of sp³-hybridized carbons (Fsp3) is 0.800. The Labute approximate surface area is 108 Å². The molecule has 0 saturated heterocycles. The molecule has 1 N–H and O–H groups in total. The highest BCUT2D eigenvalue weighted by Crippen LogP contribution is 2.29. The van der Waals surface area contributed by atoms with Crippen molar-refractivity contribution in [2.45, 2.75) is 66.2 Å². The molecule has 2 heteroatoms. The van der Waals surface area contributed by atoms with Crippen LogP contribution in [0.25, 0.3) is 0 Å². The van der Waals surface area contributed by atoms with Crippen LogP contribution in [0.5, 0.6) is 0 Å². The summed E-state index contributed by atoms with van der Waals surface area (Å²) < 4.78 is 0. The number of carbonyl (C=O) groups excluding carboxylic acids is 1. The van der Waals surface area contributed by atoms with E-state index < -0.39 is 0 Å². The molecule has 1 aliphatic carbocycles. The number of hydrogen-bond acceptors (Lipinski definition) is 1. The van der Waals surface area contributed by atoms with Crippen molar-refractivity contribution in [3.05, 3.63) is 12.2 Å². The van der Waals surface area contributed by atoms with Gasteiger partial charge in [0.2, 0.25) is 5.91 Å². The smallest absolute Gasteiger partial charge is 0.216 e. The van der Waals surface area contributed by atoms with Gasteiger partial charge in [0, 0.05) is 14.0 Å². The quantitative estimate of drug-likeness (QED) is 0.717. The van der Waals surface area contributed by atoms with Crippen molar-refractivity contribution >= 4 is 5.91 Å². The van der Waals surface area contributed by atoms with Gasteiger partial charge >= 0.3 is 0 Å². The molecule has 0 aliphatic heterocycles. The Kier molecular flexibility index (Phi) is 14.5. The van der Waals surface area contributed by atoms with Crippen LogP contribution < -0.4 is 5.32 Å². The van der Waals surface area contributed by atoms with E-state index in [0.29, 0.717) is 0 Å². The highest BCUT2D eigenvalue weighted by atomic mass is 16.1. The Bertz CT molecular complexity index is 193. The highest BCUT2D eigenvalue weighted by Gasteiger charge is 2.14. The zero-order chi connectivity index (χ0) is 13.7. The van der Waals surface area contributed by atoms with Crippen LogP contribution in [0.4, 0.5) is 0 Å². The summed E-state index contributed by atoms with van der Waals surface area (Å²) in [4.78, 5) is 9.70. The molecule has 0 aromatic heterocycles. The molecular formula is C15H31NO. The first kappa shape index (κ1) is 18.6. The van der Waals surface area contributed by atoms with E-state index in [-0.39, 0.29) is 5.91 Å². The third-order valence-electron chi connectivity index (χ3n) is 2.99. The zero-order valence-corrected chi connectivity index (χ0v) is 12.4. The summed E-state index contributed by atoms with van der Waals surface area (Å²) in [5, 5.41) is 2.39. The Hall–Kier alpha value is -0.790. The molecule has 1 saturated carbocycles. The van der Waals surface area contributed by atoms with Crippen molar-refractivity contribution in [2.24, 2.45) is 5.92 Å². The number of rotatable bonds is 2. The third kappa shape index (κ3) is 11.5. The third-order valence-corrected chi connectivity index (χ3v) is 2.99. The second kappa shape index (κ2) is 13.3. The van der Waals surface area contributed by atoms with E-state index in [2.05, 4.69) is 18.8 Å². The molecule has 0 spiro atoms. The summed E-state index contributed by atoms with van der Waals surface area (Å²) in [6, 6.07) is 0. The van der Waals surface area contributed by atoms with Gasteiger partial charge in [0.1, 0.15) is 0 Å². The zero-order valence-electron chi connectivity index (χ0n) is 12.4. The normalized spacial score (nSPS) is 14.6. The van der Waals surface area contributed by atoms with Crippen molar-refractivity contribution in [3.63, 3.8) is 0 Å². The summed E-state index contributed by atoms with van der Waals surface area (Å²) in [6.45, 7) is 11.8. The lowest BCUT2D eigenvalue weighted by Crippen LogP contribution is -2.11. The second-order valence-corrected chi connectivity index (χ2v) is 4.15. The molecule has 17 heavy (non-hydrogen) atoms. The van der Waals surface area contributed by atoms with Crippen LogP contribution in [-0.2, 0) is 4.79 Å². The van der Waals surface area contributed by atoms with E-state index in [0.717, 1.165) is 5.92 Å². The minimum absolute atomic E-state index is 0.00463. The molecule has 0 heterocycles. The van der Waals surface area contributed by atoms with Gasteiger partial charge < -0.3 is 5.32 Å². The Balaban J connectivity index is 0. The summed E-state index contributed by atoms with van der Waals surface area (Å²) in [7, 11) is 1.60. The number of amides is 1. The van der Waals surface area contributed by atoms with Crippen LogP contribution in [0.2, 0.25) is 0 Å². The number of hydrogen-bond donors (Lipinski definition) is 1. The summed E-state index contributed by atoms with van der Waals surface area (Å²) in [6.07, 6.45) is 8.32. The van der Waals surface area contributed by atoms with Gasteiger partial charge in [0.05, 0.1) is 0 Å². The Morgan fingerprint density at radius 3 is 1.94 bits per heavy atom. The van der Waals surface area contributed by atoms with Crippen LogP contribution in [0, 0.1) is 5.92 Å². The lowest BCUT2D eigenvalue weighted by Gasteiger charge is -2.22. The topological polar surface area (TPSA) is 29.1 Å². The summed E-state index contributed by atoms with van der Waals surface area (Å²) in [5.74, 6) is 0.878. The number of allylic oxidation sites excluding steroid dienone is 1. The Morgan fingerprint density at radius 2 is 1.65 bits per heavy atom. The van der Waals surface area contributed by atoms with Crippen molar-refractivity contribution in [2.75, 3.05) is 7.05 Å². The van der Waals surface area contributed by atoms with E-state index in [9.17, 15) is 4.79 Å².